The number of imidazole rings is 1. The predicted molar refractivity (Wildman–Crippen MR) is 137 cm³/mol. The summed E-state index contributed by atoms with van der Waals surface area (Å²) in [5.41, 5.74) is 6.23. The molecule has 2 heterocycles. The first-order valence-corrected chi connectivity index (χ1v) is 12.4. The number of fused-ring (bicyclic) bond motifs is 1. The molecule has 0 aliphatic heterocycles. The fourth-order valence-electron chi connectivity index (χ4n) is 4.16. The second kappa shape index (κ2) is 10.1. The molecule has 0 aliphatic rings. The fraction of sp³-hybridized carbons (Fsp3) is 0.192. The SMILES string of the molecule is CCSCc1nc2cccc(C(=O)OC)c2n1Cc1ccc(-c2ccccc2-c2nn[nH]n2)cc1. The van der Waals surface area contributed by atoms with Crippen molar-refractivity contribution in [3.05, 3.63) is 83.7 Å². The number of ether oxygens (including phenoxy) is 1. The van der Waals surface area contributed by atoms with E-state index in [1.54, 1.807) is 17.8 Å². The maximum absolute atomic E-state index is 12.5. The van der Waals surface area contributed by atoms with Gasteiger partial charge in [-0.25, -0.2) is 9.78 Å². The maximum Gasteiger partial charge on any atom is 0.340 e. The first kappa shape index (κ1) is 22.8. The molecule has 176 valence electrons. The van der Waals surface area contributed by atoms with Crippen LogP contribution in [0.5, 0.6) is 0 Å². The van der Waals surface area contributed by atoms with Crippen LogP contribution in [0.2, 0.25) is 0 Å². The predicted octanol–water partition coefficient (Wildman–Crippen LogP) is 4.97. The van der Waals surface area contributed by atoms with E-state index in [2.05, 4.69) is 56.4 Å². The second-order valence-electron chi connectivity index (χ2n) is 7.89. The summed E-state index contributed by atoms with van der Waals surface area (Å²) in [5, 5.41) is 14.5. The van der Waals surface area contributed by atoms with Crippen LogP contribution in [0, 0.1) is 0 Å². The maximum atomic E-state index is 12.5. The van der Waals surface area contributed by atoms with Crippen LogP contribution < -0.4 is 0 Å². The van der Waals surface area contributed by atoms with Crippen LogP contribution in [0.15, 0.2) is 66.7 Å². The van der Waals surface area contributed by atoms with Crippen molar-refractivity contribution in [1.82, 2.24) is 30.2 Å². The summed E-state index contributed by atoms with van der Waals surface area (Å²) in [7, 11) is 1.40. The van der Waals surface area contributed by atoms with Gasteiger partial charge in [-0.1, -0.05) is 61.5 Å². The molecular weight excluding hydrogens is 460 g/mol. The number of esters is 1. The van der Waals surface area contributed by atoms with Crippen molar-refractivity contribution in [3.8, 4) is 22.5 Å². The van der Waals surface area contributed by atoms with E-state index in [4.69, 9.17) is 9.72 Å². The van der Waals surface area contributed by atoms with E-state index in [-0.39, 0.29) is 5.97 Å². The van der Waals surface area contributed by atoms with E-state index < -0.39 is 0 Å². The lowest BCUT2D eigenvalue weighted by molar-refractivity contribution is 0.0602. The highest BCUT2D eigenvalue weighted by atomic mass is 32.2. The van der Waals surface area contributed by atoms with Crippen LogP contribution in [0.25, 0.3) is 33.5 Å². The highest BCUT2D eigenvalue weighted by molar-refractivity contribution is 7.98. The van der Waals surface area contributed by atoms with Crippen molar-refractivity contribution < 1.29 is 9.53 Å². The number of benzene rings is 3. The molecule has 0 bridgehead atoms. The summed E-state index contributed by atoms with van der Waals surface area (Å²) in [6, 6.07) is 22.0. The molecule has 0 unspecified atom stereocenters. The number of carbonyl (C=O) groups is 1. The fourth-order valence-corrected chi connectivity index (χ4v) is 4.77. The van der Waals surface area contributed by atoms with Gasteiger partial charge in [0.25, 0.3) is 0 Å². The van der Waals surface area contributed by atoms with E-state index in [9.17, 15) is 4.79 Å². The second-order valence-corrected chi connectivity index (χ2v) is 9.17. The van der Waals surface area contributed by atoms with E-state index >= 15 is 0 Å². The first-order valence-electron chi connectivity index (χ1n) is 11.3. The van der Waals surface area contributed by atoms with Gasteiger partial charge in [0.15, 0.2) is 0 Å². The Morgan fingerprint density at radius 2 is 1.83 bits per heavy atom. The van der Waals surface area contributed by atoms with Gasteiger partial charge < -0.3 is 9.30 Å². The van der Waals surface area contributed by atoms with E-state index in [1.807, 2.05) is 36.4 Å². The van der Waals surface area contributed by atoms with Crippen LogP contribution in [-0.2, 0) is 17.0 Å². The van der Waals surface area contributed by atoms with Gasteiger partial charge in [-0.15, -0.1) is 10.2 Å². The third-order valence-corrected chi connectivity index (χ3v) is 6.68. The summed E-state index contributed by atoms with van der Waals surface area (Å²) in [5.74, 6) is 2.89. The molecule has 5 rings (SSSR count). The minimum atomic E-state index is -0.361. The Kier molecular flexibility index (Phi) is 6.58. The number of thioether (sulfide) groups is 1. The molecule has 0 saturated carbocycles. The largest absolute Gasteiger partial charge is 0.465 e. The summed E-state index contributed by atoms with van der Waals surface area (Å²) >= 11 is 1.80. The molecule has 35 heavy (non-hydrogen) atoms. The van der Waals surface area contributed by atoms with Crippen LogP contribution in [-0.4, -0.2) is 49.0 Å². The van der Waals surface area contributed by atoms with Gasteiger partial charge in [0.2, 0.25) is 5.82 Å². The summed E-state index contributed by atoms with van der Waals surface area (Å²) < 4.78 is 7.18. The number of methoxy groups -OCH3 is 1. The van der Waals surface area contributed by atoms with Gasteiger partial charge in [0, 0.05) is 12.1 Å². The molecule has 0 amide bonds. The van der Waals surface area contributed by atoms with Crippen LogP contribution in [0.3, 0.4) is 0 Å². The molecule has 9 heteroatoms. The molecule has 5 aromatic rings. The normalized spacial score (nSPS) is 11.1. The zero-order valence-electron chi connectivity index (χ0n) is 19.4. The monoisotopic (exact) mass is 484 g/mol. The molecular formula is C26H24N6O2S. The molecule has 3 aromatic carbocycles. The molecule has 0 saturated heterocycles. The average molecular weight is 485 g/mol. The van der Waals surface area contributed by atoms with Crippen molar-refractivity contribution in [2.24, 2.45) is 0 Å². The third-order valence-electron chi connectivity index (χ3n) is 5.81. The lowest BCUT2D eigenvalue weighted by atomic mass is 9.98. The van der Waals surface area contributed by atoms with Crippen molar-refractivity contribution in [1.29, 1.82) is 0 Å². The Bertz CT molecular complexity index is 1460. The Morgan fingerprint density at radius 3 is 2.54 bits per heavy atom. The molecule has 1 N–H and O–H groups in total. The van der Waals surface area contributed by atoms with E-state index in [0.29, 0.717) is 17.9 Å². The number of nitrogens with one attached hydrogen (secondary N) is 1. The van der Waals surface area contributed by atoms with Gasteiger partial charge in [-0.3, -0.25) is 0 Å². The molecule has 2 aromatic heterocycles. The summed E-state index contributed by atoms with van der Waals surface area (Å²) in [6.45, 7) is 2.72. The minimum Gasteiger partial charge on any atom is -0.465 e. The minimum absolute atomic E-state index is 0.361. The lowest BCUT2D eigenvalue weighted by Crippen LogP contribution is -2.09. The molecule has 0 fully saturated rings. The summed E-state index contributed by atoms with van der Waals surface area (Å²) in [6.07, 6.45) is 0. The van der Waals surface area contributed by atoms with Crippen molar-refractivity contribution >= 4 is 28.8 Å². The van der Waals surface area contributed by atoms with Crippen molar-refractivity contribution in [3.63, 3.8) is 0 Å². The molecule has 0 aliphatic carbocycles. The zero-order chi connectivity index (χ0) is 24.2. The molecule has 0 spiro atoms. The van der Waals surface area contributed by atoms with Crippen molar-refractivity contribution in [2.75, 3.05) is 12.9 Å². The standard InChI is InChI=1S/C26H24N6O2S/c1-3-35-16-23-27-22-10-6-9-21(26(33)34-2)24(22)32(23)15-17-11-13-18(14-12-17)19-7-4-5-8-20(19)25-28-30-31-29-25/h4-14H,3,15-16H2,1-2H3,(H,28,29,30,31). The van der Waals surface area contributed by atoms with E-state index in [1.165, 1.54) is 7.11 Å². The molecule has 0 atom stereocenters. The van der Waals surface area contributed by atoms with Crippen LogP contribution in [0.1, 0.15) is 28.7 Å². The molecule has 0 radical (unpaired) electrons. The van der Waals surface area contributed by atoms with Gasteiger partial charge in [-0.05, 0) is 39.8 Å². The van der Waals surface area contributed by atoms with E-state index in [0.717, 1.165) is 50.6 Å². The smallest absolute Gasteiger partial charge is 0.340 e. The summed E-state index contributed by atoms with van der Waals surface area (Å²) in [4.78, 5) is 17.3. The number of H-pyrrole nitrogens is 1. The Hall–Kier alpha value is -3.98. The lowest BCUT2D eigenvalue weighted by Gasteiger charge is -2.12. The number of tetrazole rings is 1. The number of nitrogens with zero attached hydrogens (tertiary/aromatic N) is 5. The topological polar surface area (TPSA) is 98.6 Å². The quantitative estimate of drug-likeness (QED) is 0.310. The van der Waals surface area contributed by atoms with Gasteiger partial charge in [0.1, 0.15) is 5.82 Å². The number of rotatable bonds is 8. The number of hydrogen-bond acceptors (Lipinski definition) is 7. The number of para-hydroxylation sites is 1. The molecule has 8 nitrogen and oxygen atoms in total. The number of hydrogen-bond donors (Lipinski definition) is 1. The first-order chi connectivity index (χ1) is 17.2. The van der Waals surface area contributed by atoms with Crippen LogP contribution >= 0.6 is 11.8 Å². The number of carbonyl (C=O) groups excluding carboxylic acids is 1. The zero-order valence-corrected chi connectivity index (χ0v) is 20.2. The van der Waals surface area contributed by atoms with Crippen LogP contribution in [0.4, 0.5) is 0 Å². The Morgan fingerprint density at radius 1 is 1.03 bits per heavy atom. The number of aromatic amines is 1. The number of aromatic nitrogens is 6. The van der Waals surface area contributed by atoms with Gasteiger partial charge >= 0.3 is 5.97 Å². The third kappa shape index (κ3) is 4.54. The highest BCUT2D eigenvalue weighted by Crippen LogP contribution is 2.30. The van der Waals surface area contributed by atoms with Crippen molar-refractivity contribution in [2.45, 2.75) is 19.2 Å². The highest BCUT2D eigenvalue weighted by Gasteiger charge is 2.19. The Balaban J connectivity index is 1.52. The Labute approximate surface area is 206 Å². The van der Waals surface area contributed by atoms with Gasteiger partial charge in [-0.2, -0.15) is 17.0 Å². The van der Waals surface area contributed by atoms with Gasteiger partial charge in [0.05, 0.1) is 29.5 Å². The average Bonchev–Trinajstić information content (AvgIpc) is 3.56.